The summed E-state index contributed by atoms with van der Waals surface area (Å²) in [6.07, 6.45) is 8.65. The van der Waals surface area contributed by atoms with Gasteiger partial charge in [-0.15, -0.1) is 0 Å². The Hall–Kier alpha value is -1.58. The minimum Gasteiger partial charge on any atom is -0.478 e. The van der Waals surface area contributed by atoms with Crippen molar-refractivity contribution < 1.29 is 14.6 Å². The van der Waals surface area contributed by atoms with E-state index in [0.717, 1.165) is 12.8 Å². The Morgan fingerprint density at radius 3 is 2.65 bits per heavy atom. The summed E-state index contributed by atoms with van der Waals surface area (Å²) in [6, 6.07) is 2.97. The molecule has 1 N–H and O–H groups in total. The third kappa shape index (κ3) is 3.44. The van der Waals surface area contributed by atoms with E-state index >= 15 is 0 Å². The highest BCUT2D eigenvalue weighted by Crippen LogP contribution is 2.22. The lowest BCUT2D eigenvalue weighted by molar-refractivity contribution is 0.0695. The SMILES string of the molecule is O=C(O)c1ccnc(OC2CCCCCC2)c1. The molecule has 1 aliphatic rings. The van der Waals surface area contributed by atoms with Crippen LogP contribution in [0.2, 0.25) is 0 Å². The second-order valence-corrected chi connectivity index (χ2v) is 4.42. The molecule has 0 spiro atoms. The van der Waals surface area contributed by atoms with Crippen molar-refractivity contribution in [1.82, 2.24) is 4.98 Å². The van der Waals surface area contributed by atoms with Crippen molar-refractivity contribution in [3.8, 4) is 5.88 Å². The van der Waals surface area contributed by atoms with Gasteiger partial charge in [-0.2, -0.15) is 0 Å². The average Bonchev–Trinajstić information content (AvgIpc) is 2.58. The number of carboxylic acid groups (broad SMARTS) is 1. The van der Waals surface area contributed by atoms with E-state index in [1.165, 1.54) is 44.0 Å². The van der Waals surface area contributed by atoms with E-state index < -0.39 is 5.97 Å². The van der Waals surface area contributed by atoms with E-state index in [1.54, 1.807) is 0 Å². The number of ether oxygens (including phenoxy) is 1. The second kappa shape index (κ2) is 5.66. The fraction of sp³-hybridized carbons (Fsp3) is 0.538. The van der Waals surface area contributed by atoms with Crippen LogP contribution in [-0.4, -0.2) is 22.2 Å². The molecule has 2 rings (SSSR count). The van der Waals surface area contributed by atoms with Gasteiger partial charge in [0.1, 0.15) is 6.10 Å². The van der Waals surface area contributed by atoms with E-state index in [-0.39, 0.29) is 11.7 Å². The van der Waals surface area contributed by atoms with Crippen LogP contribution in [0.4, 0.5) is 0 Å². The van der Waals surface area contributed by atoms with Crippen LogP contribution in [0.5, 0.6) is 5.88 Å². The van der Waals surface area contributed by atoms with E-state index in [4.69, 9.17) is 9.84 Å². The third-order valence-electron chi connectivity index (χ3n) is 3.07. The molecule has 0 unspecified atom stereocenters. The van der Waals surface area contributed by atoms with Crippen molar-refractivity contribution in [3.63, 3.8) is 0 Å². The van der Waals surface area contributed by atoms with E-state index in [0.29, 0.717) is 5.88 Å². The van der Waals surface area contributed by atoms with Gasteiger partial charge in [0.2, 0.25) is 5.88 Å². The first-order chi connectivity index (χ1) is 8.25. The Morgan fingerprint density at radius 1 is 1.29 bits per heavy atom. The van der Waals surface area contributed by atoms with Crippen molar-refractivity contribution in [1.29, 1.82) is 0 Å². The first-order valence-corrected chi connectivity index (χ1v) is 6.12. The first kappa shape index (κ1) is 11.9. The topological polar surface area (TPSA) is 59.4 Å². The number of aromatic carboxylic acids is 1. The molecule has 92 valence electrons. The summed E-state index contributed by atoms with van der Waals surface area (Å²) in [5.74, 6) is -0.519. The minimum atomic E-state index is -0.946. The highest BCUT2D eigenvalue weighted by atomic mass is 16.5. The summed E-state index contributed by atoms with van der Waals surface area (Å²) in [7, 11) is 0. The van der Waals surface area contributed by atoms with Crippen molar-refractivity contribution in [2.45, 2.75) is 44.6 Å². The fourth-order valence-electron chi connectivity index (χ4n) is 2.14. The number of hydrogen-bond donors (Lipinski definition) is 1. The summed E-state index contributed by atoms with van der Waals surface area (Å²) in [4.78, 5) is 14.9. The molecule has 0 bridgehead atoms. The standard InChI is InChI=1S/C13H17NO3/c15-13(16)10-7-8-14-12(9-10)17-11-5-3-1-2-4-6-11/h7-9,11H,1-6H2,(H,15,16). The molecule has 1 aromatic rings. The number of aromatic nitrogens is 1. The third-order valence-corrected chi connectivity index (χ3v) is 3.07. The van der Waals surface area contributed by atoms with Gasteiger partial charge in [-0.25, -0.2) is 9.78 Å². The van der Waals surface area contributed by atoms with Gasteiger partial charge >= 0.3 is 5.97 Å². The van der Waals surface area contributed by atoms with Gasteiger partial charge in [0.15, 0.2) is 0 Å². The molecule has 0 amide bonds. The summed E-state index contributed by atoms with van der Waals surface area (Å²) < 4.78 is 5.75. The molecule has 1 aliphatic carbocycles. The molecule has 1 aromatic heterocycles. The van der Waals surface area contributed by atoms with E-state index in [2.05, 4.69) is 4.98 Å². The maximum Gasteiger partial charge on any atom is 0.335 e. The van der Waals surface area contributed by atoms with Gasteiger partial charge in [-0.3, -0.25) is 0 Å². The maximum absolute atomic E-state index is 10.8. The van der Waals surface area contributed by atoms with Crippen molar-refractivity contribution in [3.05, 3.63) is 23.9 Å². The van der Waals surface area contributed by atoms with Crippen molar-refractivity contribution in [2.24, 2.45) is 0 Å². The van der Waals surface area contributed by atoms with Crippen LogP contribution in [0.1, 0.15) is 48.9 Å². The monoisotopic (exact) mass is 235 g/mol. The highest BCUT2D eigenvalue weighted by Gasteiger charge is 2.15. The number of hydrogen-bond acceptors (Lipinski definition) is 3. The molecular formula is C13H17NO3. The molecule has 4 heteroatoms. The van der Waals surface area contributed by atoms with Crippen LogP contribution in [0, 0.1) is 0 Å². The Kier molecular flexibility index (Phi) is 3.96. The first-order valence-electron chi connectivity index (χ1n) is 6.12. The van der Waals surface area contributed by atoms with Crippen LogP contribution >= 0.6 is 0 Å². The predicted molar refractivity (Wildman–Crippen MR) is 63.3 cm³/mol. The Morgan fingerprint density at radius 2 is 2.00 bits per heavy atom. The Labute approximate surface area is 101 Å². The smallest absolute Gasteiger partial charge is 0.335 e. The molecule has 1 fully saturated rings. The number of nitrogens with zero attached hydrogens (tertiary/aromatic N) is 1. The zero-order chi connectivity index (χ0) is 12.1. The largest absolute Gasteiger partial charge is 0.478 e. The molecule has 4 nitrogen and oxygen atoms in total. The zero-order valence-electron chi connectivity index (χ0n) is 9.76. The lowest BCUT2D eigenvalue weighted by Gasteiger charge is -2.16. The summed E-state index contributed by atoms with van der Waals surface area (Å²) >= 11 is 0. The number of carbonyl (C=O) groups is 1. The zero-order valence-corrected chi connectivity index (χ0v) is 9.76. The van der Waals surface area contributed by atoms with Crippen LogP contribution < -0.4 is 4.74 Å². The molecule has 0 saturated heterocycles. The molecular weight excluding hydrogens is 218 g/mol. The summed E-state index contributed by atoms with van der Waals surface area (Å²) in [6.45, 7) is 0. The highest BCUT2D eigenvalue weighted by molar-refractivity contribution is 5.87. The summed E-state index contributed by atoms with van der Waals surface area (Å²) in [5, 5.41) is 8.88. The Balaban J connectivity index is 2.01. The molecule has 0 atom stereocenters. The molecule has 0 radical (unpaired) electrons. The van der Waals surface area contributed by atoms with Crippen molar-refractivity contribution >= 4 is 5.97 Å². The van der Waals surface area contributed by atoms with Crippen LogP contribution in [0.3, 0.4) is 0 Å². The van der Waals surface area contributed by atoms with Gasteiger partial charge < -0.3 is 9.84 Å². The van der Waals surface area contributed by atoms with E-state index in [9.17, 15) is 4.79 Å². The van der Waals surface area contributed by atoms with Crippen molar-refractivity contribution in [2.75, 3.05) is 0 Å². The fourth-order valence-corrected chi connectivity index (χ4v) is 2.14. The molecule has 1 saturated carbocycles. The molecule has 0 aromatic carbocycles. The van der Waals surface area contributed by atoms with Gasteiger partial charge in [-0.05, 0) is 31.7 Å². The van der Waals surface area contributed by atoms with Gasteiger partial charge in [0.25, 0.3) is 0 Å². The number of rotatable bonds is 3. The number of carboxylic acids is 1. The van der Waals surface area contributed by atoms with Gasteiger partial charge in [0, 0.05) is 12.3 Å². The lowest BCUT2D eigenvalue weighted by atomic mass is 10.1. The van der Waals surface area contributed by atoms with Gasteiger partial charge in [0.05, 0.1) is 5.56 Å². The average molecular weight is 235 g/mol. The molecule has 0 aliphatic heterocycles. The number of pyridine rings is 1. The maximum atomic E-state index is 10.8. The summed E-state index contributed by atoms with van der Waals surface area (Å²) in [5.41, 5.74) is 0.226. The van der Waals surface area contributed by atoms with Crippen LogP contribution in [0.15, 0.2) is 18.3 Å². The molecule has 17 heavy (non-hydrogen) atoms. The quantitative estimate of drug-likeness (QED) is 0.818. The minimum absolute atomic E-state index is 0.189. The van der Waals surface area contributed by atoms with Crippen LogP contribution in [-0.2, 0) is 0 Å². The van der Waals surface area contributed by atoms with E-state index in [1.807, 2.05) is 0 Å². The van der Waals surface area contributed by atoms with Crippen LogP contribution in [0.25, 0.3) is 0 Å². The Bertz CT molecular complexity index is 384. The second-order valence-electron chi connectivity index (χ2n) is 4.42. The normalized spacial score (nSPS) is 17.4. The lowest BCUT2D eigenvalue weighted by Crippen LogP contribution is -2.16. The molecule has 1 heterocycles. The van der Waals surface area contributed by atoms with Gasteiger partial charge in [-0.1, -0.05) is 12.8 Å². The predicted octanol–water partition coefficient (Wildman–Crippen LogP) is 2.88.